The average Bonchev–Trinajstić information content (AvgIpc) is 2.66. The van der Waals surface area contributed by atoms with E-state index in [1.165, 1.54) is 25.7 Å². The Balaban J connectivity index is 1.80. The fraction of sp³-hybridized carbons (Fsp3) is 0.562. The van der Waals surface area contributed by atoms with E-state index in [0.29, 0.717) is 11.7 Å². The van der Waals surface area contributed by atoms with Crippen LogP contribution in [0.5, 0.6) is 0 Å². The van der Waals surface area contributed by atoms with Gasteiger partial charge in [-0.25, -0.2) is 9.50 Å². The highest BCUT2D eigenvalue weighted by Gasteiger charge is 2.17. The molecule has 112 valence electrons. The molecule has 2 heterocycles. The van der Waals surface area contributed by atoms with E-state index in [1.807, 2.05) is 26.0 Å². The van der Waals surface area contributed by atoms with E-state index in [0.717, 1.165) is 29.9 Å². The minimum absolute atomic E-state index is 0.0636. The first-order chi connectivity index (χ1) is 10.1. The standard InChI is InChI=1S/C16H22N4O/c1-11-9-15-18-14(10-12(2)20(15)19-11)16(21)17-13-7-5-3-4-6-8-13/h9-10,13H,3-8H2,1-2H3,(H,17,21). The number of carbonyl (C=O) groups excluding carboxylic acids is 1. The van der Waals surface area contributed by atoms with Gasteiger partial charge in [-0.2, -0.15) is 5.10 Å². The summed E-state index contributed by atoms with van der Waals surface area (Å²) < 4.78 is 1.78. The predicted molar refractivity (Wildman–Crippen MR) is 81.4 cm³/mol. The van der Waals surface area contributed by atoms with Crippen LogP contribution in [-0.4, -0.2) is 26.5 Å². The van der Waals surface area contributed by atoms with E-state index < -0.39 is 0 Å². The summed E-state index contributed by atoms with van der Waals surface area (Å²) in [6, 6.07) is 4.01. The van der Waals surface area contributed by atoms with Gasteiger partial charge >= 0.3 is 0 Å². The van der Waals surface area contributed by atoms with E-state index in [-0.39, 0.29) is 5.91 Å². The Hall–Kier alpha value is -1.91. The van der Waals surface area contributed by atoms with Crippen molar-refractivity contribution in [3.05, 3.63) is 29.2 Å². The Bertz CT molecular complexity index is 654. The molecule has 0 bridgehead atoms. The van der Waals surface area contributed by atoms with Gasteiger partial charge in [0, 0.05) is 17.8 Å². The first-order valence-electron chi connectivity index (χ1n) is 7.78. The van der Waals surface area contributed by atoms with E-state index in [1.54, 1.807) is 4.52 Å². The van der Waals surface area contributed by atoms with Gasteiger partial charge in [-0.1, -0.05) is 25.7 Å². The molecule has 0 saturated heterocycles. The molecule has 1 saturated carbocycles. The number of nitrogens with zero attached hydrogens (tertiary/aromatic N) is 3. The largest absolute Gasteiger partial charge is 0.348 e. The number of rotatable bonds is 2. The fourth-order valence-corrected chi connectivity index (χ4v) is 3.04. The van der Waals surface area contributed by atoms with Gasteiger partial charge in [-0.3, -0.25) is 4.79 Å². The molecule has 1 amide bonds. The van der Waals surface area contributed by atoms with Gasteiger partial charge in [0.1, 0.15) is 5.69 Å². The number of hydrogen-bond donors (Lipinski definition) is 1. The highest BCUT2D eigenvalue weighted by molar-refractivity contribution is 5.93. The molecule has 1 N–H and O–H groups in total. The van der Waals surface area contributed by atoms with Crippen molar-refractivity contribution in [2.75, 3.05) is 0 Å². The third-order valence-corrected chi connectivity index (χ3v) is 4.15. The van der Waals surface area contributed by atoms with Crippen molar-refractivity contribution in [1.29, 1.82) is 0 Å². The average molecular weight is 286 g/mol. The predicted octanol–water partition coefficient (Wildman–Crippen LogP) is 2.80. The normalized spacial score (nSPS) is 16.9. The van der Waals surface area contributed by atoms with Crippen LogP contribution in [0.15, 0.2) is 12.1 Å². The molecule has 3 rings (SSSR count). The van der Waals surface area contributed by atoms with Crippen molar-refractivity contribution in [3.8, 4) is 0 Å². The second kappa shape index (κ2) is 5.84. The second-order valence-corrected chi connectivity index (χ2v) is 6.00. The number of nitrogens with one attached hydrogen (secondary N) is 1. The molecule has 1 aliphatic carbocycles. The van der Waals surface area contributed by atoms with Gasteiger partial charge in [0.25, 0.3) is 5.91 Å². The van der Waals surface area contributed by atoms with Crippen molar-refractivity contribution in [2.45, 2.75) is 58.4 Å². The summed E-state index contributed by atoms with van der Waals surface area (Å²) >= 11 is 0. The van der Waals surface area contributed by atoms with Gasteiger partial charge in [-0.15, -0.1) is 0 Å². The Kier molecular flexibility index (Phi) is 3.90. The van der Waals surface area contributed by atoms with E-state index in [2.05, 4.69) is 15.4 Å². The number of aromatic nitrogens is 3. The van der Waals surface area contributed by atoms with E-state index in [9.17, 15) is 4.79 Å². The number of hydrogen-bond acceptors (Lipinski definition) is 3. The maximum absolute atomic E-state index is 12.4. The molecule has 0 atom stereocenters. The van der Waals surface area contributed by atoms with Crippen LogP contribution in [0.2, 0.25) is 0 Å². The van der Waals surface area contributed by atoms with E-state index >= 15 is 0 Å². The zero-order chi connectivity index (χ0) is 14.8. The maximum atomic E-state index is 12.4. The summed E-state index contributed by atoms with van der Waals surface area (Å²) in [6.07, 6.45) is 7.14. The van der Waals surface area contributed by atoms with Crippen LogP contribution in [0, 0.1) is 13.8 Å². The SMILES string of the molecule is Cc1cc2nc(C(=O)NC3CCCCCC3)cc(C)n2n1. The lowest BCUT2D eigenvalue weighted by molar-refractivity contribution is 0.0928. The molecule has 0 aliphatic heterocycles. The van der Waals surface area contributed by atoms with Crippen LogP contribution in [0.4, 0.5) is 0 Å². The van der Waals surface area contributed by atoms with Crippen molar-refractivity contribution in [3.63, 3.8) is 0 Å². The summed E-state index contributed by atoms with van der Waals surface area (Å²) in [5.41, 5.74) is 3.06. The number of fused-ring (bicyclic) bond motifs is 1. The summed E-state index contributed by atoms with van der Waals surface area (Å²) in [5.74, 6) is -0.0636. The second-order valence-electron chi connectivity index (χ2n) is 6.00. The van der Waals surface area contributed by atoms with Crippen LogP contribution in [0.3, 0.4) is 0 Å². The lowest BCUT2D eigenvalue weighted by atomic mass is 10.1. The smallest absolute Gasteiger partial charge is 0.270 e. The molecule has 5 heteroatoms. The van der Waals surface area contributed by atoms with Crippen LogP contribution in [0.1, 0.15) is 60.4 Å². The monoisotopic (exact) mass is 286 g/mol. The zero-order valence-electron chi connectivity index (χ0n) is 12.7. The highest BCUT2D eigenvalue weighted by atomic mass is 16.1. The van der Waals surface area contributed by atoms with Crippen molar-refractivity contribution >= 4 is 11.6 Å². The Morgan fingerprint density at radius 3 is 2.62 bits per heavy atom. The molecule has 0 unspecified atom stereocenters. The Labute approximate surface area is 124 Å². The van der Waals surface area contributed by atoms with Gasteiger partial charge in [0.05, 0.1) is 5.69 Å². The number of carbonyl (C=O) groups is 1. The lowest BCUT2D eigenvalue weighted by Crippen LogP contribution is -2.35. The molecule has 21 heavy (non-hydrogen) atoms. The summed E-state index contributed by atoms with van der Waals surface area (Å²) in [4.78, 5) is 16.9. The van der Waals surface area contributed by atoms with Crippen LogP contribution < -0.4 is 5.32 Å². The minimum atomic E-state index is -0.0636. The van der Waals surface area contributed by atoms with Crippen molar-refractivity contribution < 1.29 is 4.79 Å². The molecule has 1 aliphatic rings. The van der Waals surface area contributed by atoms with Gasteiger partial charge in [0.2, 0.25) is 0 Å². The number of amides is 1. The topological polar surface area (TPSA) is 59.3 Å². The van der Waals surface area contributed by atoms with Crippen molar-refractivity contribution in [1.82, 2.24) is 19.9 Å². The molecule has 2 aromatic rings. The number of aryl methyl sites for hydroxylation is 2. The fourth-order valence-electron chi connectivity index (χ4n) is 3.04. The third-order valence-electron chi connectivity index (χ3n) is 4.15. The summed E-state index contributed by atoms with van der Waals surface area (Å²) in [6.45, 7) is 3.88. The molecule has 0 spiro atoms. The summed E-state index contributed by atoms with van der Waals surface area (Å²) in [7, 11) is 0. The molecular formula is C16H22N4O. The molecular weight excluding hydrogens is 264 g/mol. The molecule has 0 radical (unpaired) electrons. The minimum Gasteiger partial charge on any atom is -0.348 e. The molecule has 2 aromatic heterocycles. The molecule has 5 nitrogen and oxygen atoms in total. The Morgan fingerprint density at radius 2 is 1.90 bits per heavy atom. The van der Waals surface area contributed by atoms with Crippen molar-refractivity contribution in [2.24, 2.45) is 0 Å². The Morgan fingerprint density at radius 1 is 1.19 bits per heavy atom. The first kappa shape index (κ1) is 14.0. The maximum Gasteiger partial charge on any atom is 0.270 e. The highest BCUT2D eigenvalue weighted by Crippen LogP contribution is 2.18. The van der Waals surface area contributed by atoms with Gasteiger partial charge in [-0.05, 0) is 32.8 Å². The zero-order valence-corrected chi connectivity index (χ0v) is 12.7. The van der Waals surface area contributed by atoms with E-state index in [4.69, 9.17) is 0 Å². The third kappa shape index (κ3) is 3.06. The van der Waals surface area contributed by atoms with Crippen LogP contribution in [0.25, 0.3) is 5.65 Å². The van der Waals surface area contributed by atoms with Crippen LogP contribution >= 0.6 is 0 Å². The van der Waals surface area contributed by atoms with Gasteiger partial charge < -0.3 is 5.32 Å². The molecule has 0 aromatic carbocycles. The first-order valence-corrected chi connectivity index (χ1v) is 7.78. The molecule has 1 fully saturated rings. The lowest BCUT2D eigenvalue weighted by Gasteiger charge is -2.16. The van der Waals surface area contributed by atoms with Gasteiger partial charge in [0.15, 0.2) is 5.65 Å². The quantitative estimate of drug-likeness (QED) is 0.864. The summed E-state index contributed by atoms with van der Waals surface area (Å²) in [5, 5.41) is 7.51. The van der Waals surface area contributed by atoms with Crippen LogP contribution in [-0.2, 0) is 0 Å².